The zero-order valence-electron chi connectivity index (χ0n) is 12.8. The maximum atomic E-state index is 11.3. The van der Waals surface area contributed by atoms with Crippen molar-refractivity contribution in [2.45, 2.75) is 36.7 Å². The molecule has 0 aromatic heterocycles. The van der Waals surface area contributed by atoms with Crippen molar-refractivity contribution in [1.29, 1.82) is 0 Å². The molecule has 0 amide bonds. The first-order valence-corrected chi connectivity index (χ1v) is 8.82. The Labute approximate surface area is 134 Å². The van der Waals surface area contributed by atoms with E-state index >= 15 is 0 Å². The fourth-order valence-electron chi connectivity index (χ4n) is 2.68. The Kier molecular flexibility index (Phi) is 5.55. The number of methoxy groups -OCH3 is 1. The third-order valence-corrected chi connectivity index (χ3v) is 4.97. The molecule has 0 atom stereocenters. The molecule has 0 saturated heterocycles. The average Bonchev–Trinajstić information content (AvgIpc) is 2.52. The Hall–Kier alpha value is -1.71. The van der Waals surface area contributed by atoms with Gasteiger partial charge in [0.15, 0.2) is 5.75 Å². The van der Waals surface area contributed by atoms with Crippen molar-refractivity contribution in [2.75, 3.05) is 13.7 Å². The fraction of sp³-hybridized carbons (Fsp3) is 0.571. The number of nitro groups is 1. The summed E-state index contributed by atoms with van der Waals surface area (Å²) in [5.41, 5.74) is -0.401. The Bertz CT molecular complexity index is 668. The quantitative estimate of drug-likeness (QED) is 0.620. The molecule has 128 valence electrons. The summed E-state index contributed by atoms with van der Waals surface area (Å²) in [4.78, 5) is 10.1. The Morgan fingerprint density at radius 1 is 1.30 bits per heavy atom. The molecule has 0 bridgehead atoms. The van der Waals surface area contributed by atoms with Crippen molar-refractivity contribution in [3.05, 3.63) is 28.3 Å². The summed E-state index contributed by atoms with van der Waals surface area (Å²) < 4.78 is 33.4. The molecule has 0 radical (unpaired) electrons. The molecular weight excluding hydrogens is 324 g/mol. The van der Waals surface area contributed by atoms with Gasteiger partial charge in [-0.3, -0.25) is 10.1 Å². The smallest absolute Gasteiger partial charge is 0.312 e. The van der Waals surface area contributed by atoms with Gasteiger partial charge in [-0.2, -0.15) is 0 Å². The maximum Gasteiger partial charge on any atom is 0.312 e. The van der Waals surface area contributed by atoms with Gasteiger partial charge in [0.25, 0.3) is 0 Å². The van der Waals surface area contributed by atoms with Crippen molar-refractivity contribution in [2.24, 2.45) is 11.1 Å². The summed E-state index contributed by atoms with van der Waals surface area (Å²) in [5.74, 6) is 0.357. The predicted molar refractivity (Wildman–Crippen MR) is 82.7 cm³/mol. The molecule has 1 fully saturated rings. The summed E-state index contributed by atoms with van der Waals surface area (Å²) in [6.45, 7) is 0.353. The second kappa shape index (κ2) is 7.24. The molecule has 9 heteroatoms. The molecule has 8 nitrogen and oxygen atoms in total. The average molecular weight is 344 g/mol. The summed E-state index contributed by atoms with van der Waals surface area (Å²) in [6, 6.07) is 3.41. The number of ether oxygens (including phenoxy) is 2. The van der Waals surface area contributed by atoms with Crippen molar-refractivity contribution in [3.8, 4) is 5.75 Å². The highest BCUT2D eigenvalue weighted by Gasteiger charge is 2.24. The first-order valence-electron chi connectivity index (χ1n) is 7.28. The monoisotopic (exact) mass is 344 g/mol. The number of nitrogens with zero attached hydrogens (tertiary/aromatic N) is 1. The summed E-state index contributed by atoms with van der Waals surface area (Å²) in [6.07, 6.45) is 4.02. The molecule has 1 aliphatic carbocycles. The molecule has 1 aliphatic rings. The van der Waals surface area contributed by atoms with Gasteiger partial charge >= 0.3 is 5.69 Å². The molecule has 1 aromatic carbocycles. The van der Waals surface area contributed by atoms with Crippen LogP contribution in [0.2, 0.25) is 0 Å². The Balaban J connectivity index is 2.06. The third-order valence-electron chi connectivity index (χ3n) is 4.06. The number of nitrogens with two attached hydrogens (primary N) is 1. The fourth-order valence-corrected chi connectivity index (χ4v) is 3.21. The van der Waals surface area contributed by atoms with Crippen LogP contribution in [0.5, 0.6) is 5.75 Å². The van der Waals surface area contributed by atoms with Gasteiger partial charge < -0.3 is 9.47 Å². The van der Waals surface area contributed by atoms with E-state index < -0.39 is 20.6 Å². The minimum Gasteiger partial charge on any atom is -0.487 e. The number of nitro benzene ring substituents is 1. The topological polar surface area (TPSA) is 122 Å². The highest BCUT2D eigenvalue weighted by atomic mass is 32.2. The lowest BCUT2D eigenvalue weighted by atomic mass is 9.88. The molecule has 1 saturated carbocycles. The van der Waals surface area contributed by atoms with Crippen LogP contribution < -0.4 is 9.88 Å². The van der Waals surface area contributed by atoms with Gasteiger partial charge in [0.05, 0.1) is 22.5 Å². The van der Waals surface area contributed by atoms with E-state index in [0.29, 0.717) is 12.5 Å². The van der Waals surface area contributed by atoms with Crippen LogP contribution in [0, 0.1) is 16.0 Å². The van der Waals surface area contributed by atoms with Gasteiger partial charge in [-0.1, -0.05) is 0 Å². The molecule has 23 heavy (non-hydrogen) atoms. The van der Waals surface area contributed by atoms with E-state index in [1.54, 1.807) is 7.11 Å². The second-order valence-corrected chi connectivity index (χ2v) is 7.18. The lowest BCUT2D eigenvalue weighted by Gasteiger charge is -2.27. The lowest BCUT2D eigenvalue weighted by molar-refractivity contribution is -0.386. The molecule has 2 rings (SSSR count). The summed E-state index contributed by atoms with van der Waals surface area (Å²) in [5, 5.41) is 16.1. The molecule has 0 unspecified atom stereocenters. The van der Waals surface area contributed by atoms with Gasteiger partial charge in [0, 0.05) is 13.2 Å². The highest BCUT2D eigenvalue weighted by Crippen LogP contribution is 2.31. The Morgan fingerprint density at radius 3 is 2.48 bits per heavy atom. The van der Waals surface area contributed by atoms with Crippen LogP contribution >= 0.6 is 0 Å². The van der Waals surface area contributed by atoms with Gasteiger partial charge in [0.1, 0.15) is 0 Å². The van der Waals surface area contributed by atoms with E-state index in [1.165, 1.54) is 12.1 Å². The SMILES string of the molecule is CO[C@H]1CC[C@@H](COc2ccc(S(N)(=O)=O)cc2[N+](=O)[O-])CC1. The normalized spacial score (nSPS) is 21.8. The van der Waals surface area contributed by atoms with Crippen LogP contribution in [0.25, 0.3) is 0 Å². The zero-order valence-corrected chi connectivity index (χ0v) is 13.6. The predicted octanol–water partition coefficient (Wildman–Crippen LogP) is 1.83. The van der Waals surface area contributed by atoms with Crippen molar-refractivity contribution < 1.29 is 22.8 Å². The number of primary sulfonamides is 1. The number of benzene rings is 1. The van der Waals surface area contributed by atoms with Crippen LogP contribution in [0.15, 0.2) is 23.1 Å². The second-order valence-electron chi connectivity index (χ2n) is 5.62. The minimum absolute atomic E-state index is 0.0521. The van der Waals surface area contributed by atoms with E-state index in [1.807, 2.05) is 0 Å². The van der Waals surface area contributed by atoms with Crippen LogP contribution in [0.4, 0.5) is 5.69 Å². The molecule has 0 aliphatic heterocycles. The number of rotatable bonds is 6. The van der Waals surface area contributed by atoms with Crippen molar-refractivity contribution in [3.63, 3.8) is 0 Å². The van der Waals surface area contributed by atoms with Crippen molar-refractivity contribution in [1.82, 2.24) is 0 Å². The third kappa shape index (κ3) is 4.63. The van der Waals surface area contributed by atoms with Gasteiger partial charge in [-0.05, 0) is 43.7 Å². The van der Waals surface area contributed by atoms with Crippen molar-refractivity contribution >= 4 is 15.7 Å². The number of sulfonamides is 1. The standard InChI is InChI=1S/C14H20N2O6S/c1-21-11-4-2-10(3-5-11)9-22-14-7-6-12(23(15,19)20)8-13(14)16(17)18/h6-8,10-11H,2-5,9H2,1H3,(H2,15,19,20)/t10-,11+. The van der Waals surface area contributed by atoms with Crippen LogP contribution in [0.1, 0.15) is 25.7 Å². The van der Waals surface area contributed by atoms with Crippen LogP contribution in [-0.2, 0) is 14.8 Å². The van der Waals surface area contributed by atoms with E-state index in [2.05, 4.69) is 0 Å². The minimum atomic E-state index is -3.99. The van der Waals surface area contributed by atoms with Crippen LogP contribution in [-0.4, -0.2) is 33.2 Å². The number of hydrogen-bond donors (Lipinski definition) is 1. The lowest BCUT2D eigenvalue weighted by Crippen LogP contribution is -2.24. The molecule has 0 heterocycles. The number of hydrogen-bond acceptors (Lipinski definition) is 6. The summed E-state index contributed by atoms with van der Waals surface area (Å²) in [7, 11) is -2.30. The zero-order chi connectivity index (χ0) is 17.0. The molecular formula is C14H20N2O6S. The summed E-state index contributed by atoms with van der Waals surface area (Å²) >= 11 is 0. The maximum absolute atomic E-state index is 11.3. The molecule has 1 aromatic rings. The van der Waals surface area contributed by atoms with Gasteiger partial charge in [0.2, 0.25) is 10.0 Å². The Morgan fingerprint density at radius 2 is 1.96 bits per heavy atom. The first kappa shape index (κ1) is 17.6. The van der Waals surface area contributed by atoms with E-state index in [9.17, 15) is 18.5 Å². The van der Waals surface area contributed by atoms with Crippen LogP contribution in [0.3, 0.4) is 0 Å². The van der Waals surface area contributed by atoms with Gasteiger partial charge in [-0.15, -0.1) is 0 Å². The first-order chi connectivity index (χ1) is 10.8. The molecule has 2 N–H and O–H groups in total. The highest BCUT2D eigenvalue weighted by molar-refractivity contribution is 7.89. The van der Waals surface area contributed by atoms with E-state index in [0.717, 1.165) is 31.7 Å². The van der Waals surface area contributed by atoms with E-state index in [4.69, 9.17) is 14.6 Å². The largest absolute Gasteiger partial charge is 0.487 e. The van der Waals surface area contributed by atoms with Gasteiger partial charge in [-0.25, -0.2) is 13.6 Å². The molecule has 0 spiro atoms. The van der Waals surface area contributed by atoms with E-state index in [-0.39, 0.29) is 16.7 Å².